The van der Waals surface area contributed by atoms with Gasteiger partial charge in [0.1, 0.15) is 0 Å². The second-order valence-corrected chi connectivity index (χ2v) is 6.71. The summed E-state index contributed by atoms with van der Waals surface area (Å²) in [7, 11) is 1.93. The van der Waals surface area contributed by atoms with Gasteiger partial charge < -0.3 is 10.2 Å². The molecule has 3 rings (SSSR count). The third-order valence-corrected chi connectivity index (χ3v) is 5.34. The van der Waals surface area contributed by atoms with Gasteiger partial charge in [0.2, 0.25) is 5.91 Å². The topological polar surface area (TPSA) is 50.2 Å². The van der Waals surface area contributed by atoms with Crippen molar-refractivity contribution in [1.29, 1.82) is 0 Å². The summed E-state index contributed by atoms with van der Waals surface area (Å²) < 4.78 is 1.82. The Labute approximate surface area is 126 Å². The van der Waals surface area contributed by atoms with Crippen LogP contribution in [0.15, 0.2) is 12.4 Å². The van der Waals surface area contributed by atoms with Gasteiger partial charge in [-0.2, -0.15) is 5.10 Å². The molecular formula is C16H26N4O. The summed E-state index contributed by atoms with van der Waals surface area (Å²) in [6, 6.07) is 0.362. The van der Waals surface area contributed by atoms with Gasteiger partial charge in [-0.25, -0.2) is 0 Å². The van der Waals surface area contributed by atoms with Crippen LogP contribution in [-0.4, -0.2) is 46.3 Å². The minimum absolute atomic E-state index is 0.0574. The minimum atomic E-state index is 0.0574. The fraction of sp³-hybridized carbons (Fsp3) is 0.750. The molecule has 0 bridgehead atoms. The molecule has 0 spiro atoms. The average molecular weight is 290 g/mol. The van der Waals surface area contributed by atoms with Crippen molar-refractivity contribution in [1.82, 2.24) is 20.0 Å². The molecule has 2 saturated heterocycles. The standard InChI is InChI=1S/C16H26N4O/c1-11-5-4-6-20(12(11)2)16(21)15-9-17-8-14(15)13-7-18-19(3)10-13/h7,10-12,14-15,17H,4-6,8-9H2,1-3H3/t11?,12?,14-,15+/m1/s1. The van der Waals surface area contributed by atoms with Crippen molar-refractivity contribution < 1.29 is 4.79 Å². The first-order valence-corrected chi connectivity index (χ1v) is 8.07. The second kappa shape index (κ2) is 5.79. The number of nitrogens with zero attached hydrogens (tertiary/aromatic N) is 3. The van der Waals surface area contributed by atoms with Crippen LogP contribution in [0.2, 0.25) is 0 Å². The number of hydrogen-bond acceptors (Lipinski definition) is 3. The molecule has 1 aromatic heterocycles. The highest BCUT2D eigenvalue weighted by atomic mass is 16.2. The fourth-order valence-corrected chi connectivity index (χ4v) is 3.78. The van der Waals surface area contributed by atoms with E-state index < -0.39 is 0 Å². The molecule has 0 aliphatic carbocycles. The maximum absolute atomic E-state index is 13.0. The third-order valence-electron chi connectivity index (χ3n) is 5.34. The maximum Gasteiger partial charge on any atom is 0.227 e. The molecule has 4 atom stereocenters. The molecule has 1 N–H and O–H groups in total. The normalized spacial score (nSPS) is 33.4. The Balaban J connectivity index is 1.77. The Hall–Kier alpha value is -1.36. The number of piperidine rings is 1. The number of aromatic nitrogens is 2. The first-order chi connectivity index (χ1) is 10.1. The van der Waals surface area contributed by atoms with E-state index >= 15 is 0 Å². The molecule has 0 radical (unpaired) electrons. The smallest absolute Gasteiger partial charge is 0.227 e. The number of rotatable bonds is 2. The predicted molar refractivity (Wildman–Crippen MR) is 81.9 cm³/mol. The number of likely N-dealkylation sites (tertiary alicyclic amines) is 1. The molecule has 2 aliphatic heterocycles. The van der Waals surface area contributed by atoms with Crippen LogP contribution in [0.3, 0.4) is 0 Å². The van der Waals surface area contributed by atoms with E-state index in [4.69, 9.17) is 0 Å². The van der Waals surface area contributed by atoms with Crippen molar-refractivity contribution in [3.05, 3.63) is 18.0 Å². The van der Waals surface area contributed by atoms with Gasteiger partial charge in [0.15, 0.2) is 0 Å². The van der Waals surface area contributed by atoms with Crippen LogP contribution in [0.25, 0.3) is 0 Å². The summed E-state index contributed by atoms with van der Waals surface area (Å²) in [5.41, 5.74) is 1.18. The number of hydrogen-bond donors (Lipinski definition) is 1. The van der Waals surface area contributed by atoms with Crippen molar-refractivity contribution in [2.45, 2.75) is 38.6 Å². The van der Waals surface area contributed by atoms with Gasteiger partial charge in [-0.1, -0.05) is 6.92 Å². The van der Waals surface area contributed by atoms with E-state index in [-0.39, 0.29) is 11.8 Å². The Morgan fingerprint density at radius 3 is 2.90 bits per heavy atom. The molecule has 5 nitrogen and oxygen atoms in total. The maximum atomic E-state index is 13.0. The van der Waals surface area contributed by atoms with Crippen molar-refractivity contribution in [2.24, 2.45) is 18.9 Å². The van der Waals surface area contributed by atoms with Crippen molar-refractivity contribution in [2.75, 3.05) is 19.6 Å². The van der Waals surface area contributed by atoms with Crippen LogP contribution < -0.4 is 5.32 Å². The molecule has 0 saturated carbocycles. The fourth-order valence-electron chi connectivity index (χ4n) is 3.78. The highest BCUT2D eigenvalue weighted by Gasteiger charge is 2.39. The number of amides is 1. The first kappa shape index (κ1) is 14.6. The van der Waals surface area contributed by atoms with Gasteiger partial charge in [0.05, 0.1) is 12.1 Å². The lowest BCUT2D eigenvalue weighted by Crippen LogP contribution is -2.49. The van der Waals surface area contributed by atoms with Crippen molar-refractivity contribution >= 4 is 5.91 Å². The van der Waals surface area contributed by atoms with Crippen molar-refractivity contribution in [3.63, 3.8) is 0 Å². The Bertz CT molecular complexity index is 512. The van der Waals surface area contributed by atoms with Gasteiger partial charge in [-0.05, 0) is 31.2 Å². The second-order valence-electron chi connectivity index (χ2n) is 6.71. The molecule has 2 unspecified atom stereocenters. The molecule has 1 aromatic rings. The molecule has 3 heterocycles. The summed E-state index contributed by atoms with van der Waals surface area (Å²) >= 11 is 0. The molecule has 2 aliphatic rings. The molecular weight excluding hydrogens is 264 g/mol. The zero-order valence-corrected chi connectivity index (χ0v) is 13.2. The quantitative estimate of drug-likeness (QED) is 0.895. The van der Waals surface area contributed by atoms with Gasteiger partial charge in [0.25, 0.3) is 0 Å². The summed E-state index contributed by atoms with van der Waals surface area (Å²) in [6.45, 7) is 7.04. The molecule has 0 aromatic carbocycles. The van der Waals surface area contributed by atoms with Gasteiger partial charge in [0, 0.05) is 44.8 Å². The number of carbonyl (C=O) groups is 1. The Kier molecular flexibility index (Phi) is 4.02. The summed E-state index contributed by atoms with van der Waals surface area (Å²) in [6.07, 6.45) is 6.31. The van der Waals surface area contributed by atoms with Gasteiger partial charge >= 0.3 is 0 Å². The van der Waals surface area contributed by atoms with Crippen LogP contribution in [0.5, 0.6) is 0 Å². The number of aryl methyl sites for hydroxylation is 1. The van der Waals surface area contributed by atoms with Crippen molar-refractivity contribution in [3.8, 4) is 0 Å². The Morgan fingerprint density at radius 2 is 2.19 bits per heavy atom. The van der Waals surface area contributed by atoms with Crippen LogP contribution in [0, 0.1) is 11.8 Å². The van der Waals surface area contributed by atoms with E-state index in [2.05, 4.69) is 29.2 Å². The zero-order chi connectivity index (χ0) is 15.0. The molecule has 5 heteroatoms. The monoisotopic (exact) mass is 290 g/mol. The lowest BCUT2D eigenvalue weighted by Gasteiger charge is -2.40. The predicted octanol–water partition coefficient (Wildman–Crippen LogP) is 1.37. The first-order valence-electron chi connectivity index (χ1n) is 8.07. The van der Waals surface area contributed by atoms with Gasteiger partial charge in [-0.15, -0.1) is 0 Å². The average Bonchev–Trinajstić information content (AvgIpc) is 3.09. The molecule has 2 fully saturated rings. The SMILES string of the molecule is CC1CCCN(C(=O)[C@H]2CNC[C@@H]2c2cnn(C)c2)C1C. The van der Waals surface area contributed by atoms with Crippen LogP contribution in [0.1, 0.15) is 38.2 Å². The van der Waals surface area contributed by atoms with E-state index in [1.807, 2.05) is 24.1 Å². The van der Waals surface area contributed by atoms with E-state index in [9.17, 15) is 4.79 Å². The lowest BCUT2D eigenvalue weighted by molar-refractivity contribution is -0.140. The van der Waals surface area contributed by atoms with Crippen LogP contribution >= 0.6 is 0 Å². The Morgan fingerprint density at radius 1 is 1.38 bits per heavy atom. The zero-order valence-electron chi connectivity index (χ0n) is 13.2. The lowest BCUT2D eigenvalue weighted by atomic mass is 9.86. The van der Waals surface area contributed by atoms with E-state index in [0.717, 1.165) is 26.1 Å². The van der Waals surface area contributed by atoms with Gasteiger partial charge in [-0.3, -0.25) is 9.48 Å². The summed E-state index contributed by atoms with van der Waals surface area (Å²) in [5, 5.41) is 7.65. The van der Waals surface area contributed by atoms with Crippen LogP contribution in [0.4, 0.5) is 0 Å². The number of nitrogens with one attached hydrogen (secondary N) is 1. The summed E-state index contributed by atoms with van der Waals surface area (Å²) in [4.78, 5) is 15.1. The van der Waals surface area contributed by atoms with E-state index in [1.165, 1.54) is 12.0 Å². The van der Waals surface area contributed by atoms with E-state index in [0.29, 0.717) is 17.9 Å². The summed E-state index contributed by atoms with van der Waals surface area (Å²) in [5.74, 6) is 1.25. The third kappa shape index (κ3) is 2.71. The minimum Gasteiger partial charge on any atom is -0.339 e. The highest BCUT2D eigenvalue weighted by Crippen LogP contribution is 2.32. The van der Waals surface area contributed by atoms with Crippen LogP contribution in [-0.2, 0) is 11.8 Å². The molecule has 21 heavy (non-hydrogen) atoms. The molecule has 116 valence electrons. The number of carbonyl (C=O) groups excluding carboxylic acids is 1. The molecule has 1 amide bonds. The highest BCUT2D eigenvalue weighted by molar-refractivity contribution is 5.81. The van der Waals surface area contributed by atoms with E-state index in [1.54, 1.807) is 0 Å². The largest absolute Gasteiger partial charge is 0.339 e.